The van der Waals surface area contributed by atoms with E-state index in [1.165, 1.54) is 24.3 Å². The Kier molecular flexibility index (Phi) is 4.39. The molecule has 0 bridgehead atoms. The Morgan fingerprint density at radius 1 is 1.25 bits per heavy atom. The van der Waals surface area contributed by atoms with Crippen molar-refractivity contribution in [1.82, 2.24) is 9.99 Å². The second-order valence-electron chi connectivity index (χ2n) is 5.14. The summed E-state index contributed by atoms with van der Waals surface area (Å²) in [5.74, 6) is 1.81. The van der Waals surface area contributed by atoms with Gasteiger partial charge in [0, 0.05) is 28.2 Å². The van der Waals surface area contributed by atoms with Crippen LogP contribution in [-0.4, -0.2) is 16.7 Å². The molecule has 0 fully saturated rings. The largest absolute Gasteiger partial charge is 0.335 e. The molecule has 1 N–H and O–H groups in total. The van der Waals surface area contributed by atoms with Crippen molar-refractivity contribution in [2.45, 2.75) is 6.54 Å². The third kappa shape index (κ3) is 3.18. The third-order valence-corrected chi connectivity index (χ3v) is 3.56. The first-order valence-corrected chi connectivity index (χ1v) is 7.29. The van der Waals surface area contributed by atoms with Crippen LogP contribution in [-0.2, 0) is 6.54 Å². The lowest BCUT2D eigenvalue weighted by Gasteiger charge is -1.99. The molecule has 5 heteroatoms. The number of benzene rings is 2. The monoisotopic (exact) mass is 319 g/mol. The van der Waals surface area contributed by atoms with Crippen LogP contribution in [0.2, 0.25) is 0 Å². The van der Waals surface area contributed by atoms with Crippen LogP contribution in [0.25, 0.3) is 10.9 Å². The number of amides is 1. The van der Waals surface area contributed by atoms with Gasteiger partial charge in [-0.25, -0.2) is 9.82 Å². The Morgan fingerprint density at radius 3 is 2.75 bits per heavy atom. The number of hydrogen-bond donors (Lipinski definition) is 1. The zero-order valence-corrected chi connectivity index (χ0v) is 12.7. The number of fused-ring (bicyclic) bond motifs is 1. The number of carbonyl (C=O) groups excluding carboxylic acids is 1. The molecule has 0 spiro atoms. The van der Waals surface area contributed by atoms with Gasteiger partial charge in [-0.1, -0.05) is 24.1 Å². The van der Waals surface area contributed by atoms with Gasteiger partial charge in [0.05, 0.1) is 12.8 Å². The molecule has 0 saturated carbocycles. The molecule has 1 amide bonds. The van der Waals surface area contributed by atoms with Crippen LogP contribution in [0.5, 0.6) is 0 Å². The van der Waals surface area contributed by atoms with E-state index in [2.05, 4.69) is 16.4 Å². The first kappa shape index (κ1) is 15.5. The van der Waals surface area contributed by atoms with E-state index >= 15 is 0 Å². The Labute approximate surface area is 138 Å². The second-order valence-corrected chi connectivity index (χ2v) is 5.14. The molecule has 0 aliphatic heterocycles. The Bertz CT molecular complexity index is 949. The normalized spacial score (nSPS) is 10.8. The molecular formula is C19H14FN3O. The first-order chi connectivity index (χ1) is 11.7. The lowest BCUT2D eigenvalue weighted by molar-refractivity contribution is 0.0955. The number of nitrogens with zero attached hydrogens (tertiary/aromatic N) is 2. The maximum Gasteiger partial charge on any atom is 0.271 e. The fourth-order valence-corrected chi connectivity index (χ4v) is 2.43. The topological polar surface area (TPSA) is 46.4 Å². The number of terminal acetylenes is 1. The fraction of sp³-hybridized carbons (Fsp3) is 0.0526. The fourth-order valence-electron chi connectivity index (χ4n) is 2.43. The predicted molar refractivity (Wildman–Crippen MR) is 92.2 cm³/mol. The van der Waals surface area contributed by atoms with Crippen LogP contribution in [0.3, 0.4) is 0 Å². The zero-order valence-electron chi connectivity index (χ0n) is 12.7. The van der Waals surface area contributed by atoms with E-state index in [-0.39, 0.29) is 0 Å². The van der Waals surface area contributed by atoms with E-state index in [1.54, 1.807) is 6.21 Å². The number of nitrogens with one attached hydrogen (secondary N) is 1. The molecule has 0 radical (unpaired) electrons. The third-order valence-electron chi connectivity index (χ3n) is 3.56. The van der Waals surface area contributed by atoms with Gasteiger partial charge in [-0.15, -0.1) is 6.42 Å². The quantitative estimate of drug-likeness (QED) is 0.448. The molecule has 1 aromatic heterocycles. The highest BCUT2D eigenvalue weighted by atomic mass is 19.1. The van der Waals surface area contributed by atoms with Crippen LogP contribution in [0.1, 0.15) is 15.9 Å². The van der Waals surface area contributed by atoms with E-state index in [0.29, 0.717) is 12.1 Å². The summed E-state index contributed by atoms with van der Waals surface area (Å²) in [5, 5.41) is 4.97. The van der Waals surface area contributed by atoms with Gasteiger partial charge >= 0.3 is 0 Å². The molecule has 0 unspecified atom stereocenters. The summed E-state index contributed by atoms with van der Waals surface area (Å²) in [6.45, 7) is 0.455. The number of para-hydroxylation sites is 1. The molecule has 0 saturated heterocycles. The Hall–Kier alpha value is -3.39. The van der Waals surface area contributed by atoms with E-state index in [4.69, 9.17) is 6.42 Å². The lowest BCUT2D eigenvalue weighted by Crippen LogP contribution is -2.17. The van der Waals surface area contributed by atoms with E-state index < -0.39 is 11.7 Å². The van der Waals surface area contributed by atoms with Crippen molar-refractivity contribution in [3.63, 3.8) is 0 Å². The molecule has 2 aromatic carbocycles. The van der Waals surface area contributed by atoms with Crippen LogP contribution in [0.4, 0.5) is 4.39 Å². The van der Waals surface area contributed by atoms with E-state index in [0.717, 1.165) is 16.5 Å². The number of rotatable bonds is 4. The van der Waals surface area contributed by atoms with Gasteiger partial charge in [0.25, 0.3) is 5.91 Å². The smallest absolute Gasteiger partial charge is 0.271 e. The zero-order chi connectivity index (χ0) is 16.9. The minimum atomic E-state index is -0.404. The number of hydrogen-bond acceptors (Lipinski definition) is 2. The van der Waals surface area contributed by atoms with Gasteiger partial charge in [-0.2, -0.15) is 5.10 Å². The average Bonchev–Trinajstić information content (AvgIpc) is 2.94. The maximum atomic E-state index is 12.9. The van der Waals surface area contributed by atoms with E-state index in [1.807, 2.05) is 35.0 Å². The summed E-state index contributed by atoms with van der Waals surface area (Å²) < 4.78 is 14.8. The van der Waals surface area contributed by atoms with Gasteiger partial charge in [-0.3, -0.25) is 4.79 Å². The summed E-state index contributed by atoms with van der Waals surface area (Å²) in [7, 11) is 0. The molecule has 0 aliphatic rings. The first-order valence-electron chi connectivity index (χ1n) is 7.29. The summed E-state index contributed by atoms with van der Waals surface area (Å²) in [6.07, 6.45) is 8.84. The van der Waals surface area contributed by atoms with Crippen molar-refractivity contribution in [2.24, 2.45) is 5.10 Å². The Morgan fingerprint density at radius 2 is 2.00 bits per heavy atom. The maximum absolute atomic E-state index is 12.9. The number of halogens is 1. The lowest BCUT2D eigenvalue weighted by atomic mass is 10.2. The Balaban J connectivity index is 1.79. The molecule has 3 aromatic rings. The highest BCUT2D eigenvalue weighted by molar-refractivity contribution is 6.00. The van der Waals surface area contributed by atoms with E-state index in [9.17, 15) is 9.18 Å². The van der Waals surface area contributed by atoms with Gasteiger partial charge < -0.3 is 4.57 Å². The highest BCUT2D eigenvalue weighted by Crippen LogP contribution is 2.19. The SMILES string of the molecule is C#CCn1cc(/C=N\NC(=O)c2ccc(F)cc2)c2ccccc21. The van der Waals surface area contributed by atoms with Crippen molar-refractivity contribution < 1.29 is 9.18 Å². The van der Waals surface area contributed by atoms with Crippen molar-refractivity contribution in [1.29, 1.82) is 0 Å². The summed E-state index contributed by atoms with van der Waals surface area (Å²) >= 11 is 0. The van der Waals surface area contributed by atoms with Crippen molar-refractivity contribution in [2.75, 3.05) is 0 Å². The van der Waals surface area contributed by atoms with Crippen LogP contribution in [0.15, 0.2) is 59.8 Å². The van der Waals surface area contributed by atoms with Crippen molar-refractivity contribution in [3.05, 3.63) is 71.7 Å². The standard InChI is InChI=1S/C19H14FN3O/c1-2-11-23-13-15(17-5-3-4-6-18(17)23)12-21-22-19(24)14-7-9-16(20)10-8-14/h1,3-10,12-13H,11H2,(H,22,24)/b21-12-. The van der Waals surface area contributed by atoms with Gasteiger partial charge in [0.15, 0.2) is 0 Å². The van der Waals surface area contributed by atoms with Gasteiger partial charge in [-0.05, 0) is 30.3 Å². The minimum Gasteiger partial charge on any atom is -0.335 e. The van der Waals surface area contributed by atoms with Crippen LogP contribution >= 0.6 is 0 Å². The predicted octanol–water partition coefficient (Wildman–Crippen LogP) is 3.18. The van der Waals surface area contributed by atoms with Crippen molar-refractivity contribution in [3.8, 4) is 12.3 Å². The van der Waals surface area contributed by atoms with Crippen LogP contribution in [0, 0.1) is 18.2 Å². The molecule has 118 valence electrons. The number of carbonyl (C=O) groups is 1. The molecule has 4 nitrogen and oxygen atoms in total. The molecular weight excluding hydrogens is 305 g/mol. The summed E-state index contributed by atoms with van der Waals surface area (Å²) in [5.41, 5.74) is 4.62. The number of hydrazone groups is 1. The second kappa shape index (κ2) is 6.80. The summed E-state index contributed by atoms with van der Waals surface area (Å²) in [4.78, 5) is 11.9. The van der Waals surface area contributed by atoms with Crippen LogP contribution < -0.4 is 5.43 Å². The molecule has 0 aliphatic carbocycles. The molecule has 1 heterocycles. The van der Waals surface area contributed by atoms with Gasteiger partial charge in [0.1, 0.15) is 5.82 Å². The summed E-state index contributed by atoms with van der Waals surface area (Å²) in [6, 6.07) is 13.1. The number of aromatic nitrogens is 1. The molecule has 24 heavy (non-hydrogen) atoms. The van der Waals surface area contributed by atoms with Gasteiger partial charge in [0.2, 0.25) is 0 Å². The van der Waals surface area contributed by atoms with Crippen molar-refractivity contribution >= 4 is 23.0 Å². The molecule has 0 atom stereocenters. The minimum absolute atomic E-state index is 0.336. The average molecular weight is 319 g/mol. The highest BCUT2D eigenvalue weighted by Gasteiger charge is 2.06. The molecule has 3 rings (SSSR count).